The summed E-state index contributed by atoms with van der Waals surface area (Å²) in [4.78, 5) is 4.70. The third kappa shape index (κ3) is 2.94. The Morgan fingerprint density at radius 3 is 2.72 bits per heavy atom. The molecule has 0 saturated heterocycles. The van der Waals surface area contributed by atoms with Crippen LogP contribution in [-0.2, 0) is 11.8 Å². The molecule has 1 atom stereocenters. The quantitative estimate of drug-likeness (QED) is 0.888. The number of H-pyrrole nitrogens is 1. The zero-order chi connectivity index (χ0) is 13.2. The Balaban J connectivity index is 2.11. The summed E-state index contributed by atoms with van der Waals surface area (Å²) in [6.07, 6.45) is 2.59. The van der Waals surface area contributed by atoms with Crippen LogP contribution in [0.1, 0.15) is 43.2 Å². The lowest BCUT2D eigenvalue weighted by Crippen LogP contribution is -2.19. The molecule has 0 spiro atoms. The molecule has 18 heavy (non-hydrogen) atoms. The van der Waals surface area contributed by atoms with E-state index in [1.165, 1.54) is 0 Å². The third-order valence-corrected chi connectivity index (χ3v) is 3.71. The molecule has 0 aromatic carbocycles. The summed E-state index contributed by atoms with van der Waals surface area (Å²) in [5.41, 5.74) is 2.18. The minimum Gasteiger partial charge on any atom is -0.311 e. The van der Waals surface area contributed by atoms with Crippen LogP contribution in [0, 0.1) is 0 Å². The Bertz CT molecular complexity index is 483. The van der Waals surface area contributed by atoms with E-state index in [1.54, 1.807) is 17.5 Å². The summed E-state index contributed by atoms with van der Waals surface area (Å²) < 4.78 is 0. The van der Waals surface area contributed by atoms with Gasteiger partial charge in [0.15, 0.2) is 0 Å². The molecule has 2 aromatic rings. The molecule has 0 aliphatic rings. The normalized spacial score (nSPS) is 13.8. The topological polar surface area (TPSA) is 66.5 Å². The third-order valence-electron chi connectivity index (χ3n) is 2.84. The zero-order valence-electron chi connectivity index (χ0n) is 11.2. The fraction of sp³-hybridized carbons (Fsp3) is 0.583. The standard InChI is InChI=1S/C12H19N5S/c1-12(2,3)10-7-18-11(15-10)5-8(13-4)9-6-14-17-16-9/h6-8,13H,5H2,1-4H3,(H,14,16,17). The maximum atomic E-state index is 4.70. The van der Waals surface area contributed by atoms with Crippen LogP contribution >= 0.6 is 11.3 Å². The molecule has 0 amide bonds. The van der Waals surface area contributed by atoms with Crippen molar-refractivity contribution in [1.29, 1.82) is 0 Å². The molecule has 0 saturated carbocycles. The van der Waals surface area contributed by atoms with E-state index in [-0.39, 0.29) is 11.5 Å². The highest BCUT2D eigenvalue weighted by Gasteiger charge is 2.20. The Morgan fingerprint density at radius 1 is 1.44 bits per heavy atom. The molecule has 2 heterocycles. The largest absolute Gasteiger partial charge is 0.311 e. The molecule has 2 rings (SSSR count). The van der Waals surface area contributed by atoms with Crippen LogP contribution in [0.25, 0.3) is 0 Å². The van der Waals surface area contributed by atoms with Gasteiger partial charge in [0.2, 0.25) is 0 Å². The first-order valence-electron chi connectivity index (χ1n) is 5.98. The molecule has 0 aliphatic heterocycles. The maximum absolute atomic E-state index is 4.70. The van der Waals surface area contributed by atoms with Crippen molar-refractivity contribution in [2.45, 2.75) is 38.6 Å². The highest BCUT2D eigenvalue weighted by molar-refractivity contribution is 7.09. The Hall–Kier alpha value is -1.27. The minimum atomic E-state index is 0.109. The average molecular weight is 265 g/mol. The molecule has 0 radical (unpaired) electrons. The summed E-state index contributed by atoms with van der Waals surface area (Å²) in [5, 5.41) is 17.1. The van der Waals surface area contributed by atoms with E-state index in [0.29, 0.717) is 0 Å². The van der Waals surface area contributed by atoms with Gasteiger partial charge in [0, 0.05) is 17.2 Å². The van der Waals surface area contributed by atoms with E-state index in [4.69, 9.17) is 4.98 Å². The average Bonchev–Trinajstić information content (AvgIpc) is 2.95. The highest BCUT2D eigenvalue weighted by Crippen LogP contribution is 2.26. The van der Waals surface area contributed by atoms with Crippen LogP contribution in [0.2, 0.25) is 0 Å². The summed E-state index contributed by atoms with van der Waals surface area (Å²) >= 11 is 1.71. The van der Waals surface area contributed by atoms with Gasteiger partial charge < -0.3 is 5.32 Å². The SMILES string of the molecule is CNC(Cc1nc(C(C)(C)C)cs1)c1cn[nH]n1. The van der Waals surface area contributed by atoms with Crippen LogP contribution in [0.5, 0.6) is 0 Å². The molecule has 2 aromatic heterocycles. The zero-order valence-corrected chi connectivity index (χ0v) is 12.0. The Kier molecular flexibility index (Phi) is 3.77. The number of nitrogens with one attached hydrogen (secondary N) is 2. The second kappa shape index (κ2) is 5.16. The van der Waals surface area contributed by atoms with Gasteiger partial charge >= 0.3 is 0 Å². The van der Waals surface area contributed by atoms with E-state index in [0.717, 1.165) is 22.8 Å². The monoisotopic (exact) mass is 265 g/mol. The van der Waals surface area contributed by atoms with E-state index in [2.05, 4.69) is 46.9 Å². The molecular formula is C12H19N5S. The first kappa shape index (κ1) is 13.2. The van der Waals surface area contributed by atoms with E-state index < -0.39 is 0 Å². The van der Waals surface area contributed by atoms with Gasteiger partial charge in [-0.1, -0.05) is 20.8 Å². The van der Waals surface area contributed by atoms with Gasteiger partial charge in [0.25, 0.3) is 0 Å². The predicted molar refractivity (Wildman–Crippen MR) is 72.7 cm³/mol. The van der Waals surface area contributed by atoms with Crippen molar-refractivity contribution < 1.29 is 0 Å². The van der Waals surface area contributed by atoms with Gasteiger partial charge in [0.05, 0.1) is 28.6 Å². The first-order chi connectivity index (χ1) is 8.50. The highest BCUT2D eigenvalue weighted by atomic mass is 32.1. The molecular weight excluding hydrogens is 246 g/mol. The summed E-state index contributed by atoms with van der Waals surface area (Å²) in [6, 6.07) is 0.155. The molecule has 1 unspecified atom stereocenters. The molecule has 0 fully saturated rings. The lowest BCUT2D eigenvalue weighted by molar-refractivity contribution is 0.554. The number of thiazole rings is 1. The van der Waals surface area contributed by atoms with Crippen LogP contribution in [0.15, 0.2) is 11.6 Å². The second-order valence-corrected chi connectivity index (χ2v) is 6.26. The molecule has 2 N–H and O–H groups in total. The van der Waals surface area contributed by atoms with Crippen molar-refractivity contribution in [3.05, 3.63) is 28.0 Å². The smallest absolute Gasteiger partial charge is 0.0998 e. The van der Waals surface area contributed by atoms with Crippen molar-refractivity contribution >= 4 is 11.3 Å². The molecule has 98 valence electrons. The molecule has 6 heteroatoms. The Labute approximate surface area is 111 Å². The predicted octanol–water partition coefficient (Wildman–Crippen LogP) is 2.06. The van der Waals surface area contributed by atoms with E-state index in [1.807, 2.05) is 7.05 Å². The van der Waals surface area contributed by atoms with Gasteiger partial charge in [-0.05, 0) is 7.05 Å². The summed E-state index contributed by atoms with van der Waals surface area (Å²) in [5.74, 6) is 0. The molecule has 5 nitrogen and oxygen atoms in total. The van der Waals surface area contributed by atoms with Crippen molar-refractivity contribution in [3.63, 3.8) is 0 Å². The van der Waals surface area contributed by atoms with Crippen molar-refractivity contribution in [1.82, 2.24) is 25.7 Å². The Morgan fingerprint density at radius 2 is 2.22 bits per heavy atom. The van der Waals surface area contributed by atoms with Gasteiger partial charge in [-0.2, -0.15) is 15.4 Å². The van der Waals surface area contributed by atoms with Crippen molar-refractivity contribution in [2.75, 3.05) is 7.05 Å². The lowest BCUT2D eigenvalue weighted by atomic mass is 9.93. The summed E-state index contributed by atoms with van der Waals surface area (Å²) in [6.45, 7) is 6.54. The number of aromatic nitrogens is 4. The van der Waals surface area contributed by atoms with E-state index >= 15 is 0 Å². The number of rotatable bonds is 4. The number of nitrogens with zero attached hydrogens (tertiary/aromatic N) is 3. The van der Waals surface area contributed by atoms with Gasteiger partial charge in [0.1, 0.15) is 0 Å². The molecule has 0 aliphatic carbocycles. The van der Waals surface area contributed by atoms with Gasteiger partial charge in [-0.3, -0.25) is 0 Å². The first-order valence-corrected chi connectivity index (χ1v) is 6.86. The number of likely N-dealkylation sites (N-methyl/N-ethyl adjacent to an activating group) is 1. The number of aromatic amines is 1. The molecule has 0 bridgehead atoms. The minimum absolute atomic E-state index is 0.109. The van der Waals surface area contributed by atoms with Crippen LogP contribution < -0.4 is 5.32 Å². The fourth-order valence-corrected chi connectivity index (χ4v) is 2.72. The van der Waals surface area contributed by atoms with Crippen LogP contribution in [0.3, 0.4) is 0 Å². The van der Waals surface area contributed by atoms with E-state index in [9.17, 15) is 0 Å². The number of hydrogen-bond acceptors (Lipinski definition) is 5. The van der Waals surface area contributed by atoms with Crippen molar-refractivity contribution in [2.24, 2.45) is 0 Å². The van der Waals surface area contributed by atoms with Gasteiger partial charge in [-0.25, -0.2) is 4.98 Å². The van der Waals surface area contributed by atoms with Gasteiger partial charge in [-0.15, -0.1) is 11.3 Å². The van der Waals surface area contributed by atoms with Crippen molar-refractivity contribution in [3.8, 4) is 0 Å². The van der Waals surface area contributed by atoms with Crippen LogP contribution in [0.4, 0.5) is 0 Å². The van der Waals surface area contributed by atoms with Crippen LogP contribution in [-0.4, -0.2) is 27.4 Å². The maximum Gasteiger partial charge on any atom is 0.0998 e. The lowest BCUT2D eigenvalue weighted by Gasteiger charge is -2.14. The fourth-order valence-electron chi connectivity index (χ4n) is 1.66. The number of hydrogen-bond donors (Lipinski definition) is 2. The summed E-state index contributed by atoms with van der Waals surface area (Å²) in [7, 11) is 1.93. The second-order valence-electron chi connectivity index (χ2n) is 5.32.